The largest absolute Gasteiger partial charge is 0.508 e. The number of rotatable bonds is 14. The summed E-state index contributed by atoms with van der Waals surface area (Å²) in [7, 11) is 0. The molecule has 0 radical (unpaired) electrons. The second kappa shape index (κ2) is 14.4. The van der Waals surface area contributed by atoms with Crippen LogP contribution in [0.15, 0.2) is 24.3 Å². The average molecular weight is 506 g/mol. The molecular weight excluding hydrogens is 466 g/mol. The first-order chi connectivity index (χ1) is 17.1. The van der Waals surface area contributed by atoms with E-state index in [4.69, 9.17) is 5.73 Å². The molecule has 0 aliphatic carbocycles. The SMILES string of the molecule is CC(C)C(NC(=O)C(CCCCN)NC(=O)C1CCCN1)C(=O)NC(Cc1ccc(O)cc1)C(=O)O. The summed E-state index contributed by atoms with van der Waals surface area (Å²) >= 11 is 0. The Morgan fingerprint density at radius 1 is 1.03 bits per heavy atom. The van der Waals surface area contributed by atoms with E-state index in [-0.39, 0.29) is 30.0 Å². The summed E-state index contributed by atoms with van der Waals surface area (Å²) in [5.41, 5.74) is 6.19. The number of amides is 3. The Hall–Kier alpha value is -3.18. The van der Waals surface area contributed by atoms with Gasteiger partial charge in [0.05, 0.1) is 6.04 Å². The Bertz CT molecular complexity index is 885. The summed E-state index contributed by atoms with van der Waals surface area (Å²) in [5, 5.41) is 30.2. The molecule has 11 nitrogen and oxygen atoms in total. The topological polar surface area (TPSA) is 183 Å². The van der Waals surface area contributed by atoms with Crippen molar-refractivity contribution in [2.75, 3.05) is 13.1 Å². The number of unbranched alkanes of at least 4 members (excludes halogenated alkanes) is 1. The van der Waals surface area contributed by atoms with Crippen molar-refractivity contribution in [3.8, 4) is 5.75 Å². The maximum atomic E-state index is 13.2. The van der Waals surface area contributed by atoms with E-state index in [2.05, 4.69) is 21.3 Å². The van der Waals surface area contributed by atoms with Crippen molar-refractivity contribution in [1.82, 2.24) is 21.3 Å². The van der Waals surface area contributed by atoms with Crippen LogP contribution in [0.1, 0.15) is 51.5 Å². The number of carboxylic acids is 1. The summed E-state index contributed by atoms with van der Waals surface area (Å²) < 4.78 is 0. The predicted octanol–water partition coefficient (Wildman–Crippen LogP) is 0.0107. The number of phenolic OH excluding ortho intramolecular Hbond substituents is 1. The number of hydrogen-bond acceptors (Lipinski definition) is 7. The highest BCUT2D eigenvalue weighted by molar-refractivity contribution is 5.94. The quantitative estimate of drug-likeness (QED) is 0.173. The molecule has 200 valence electrons. The average Bonchev–Trinajstić information content (AvgIpc) is 3.37. The van der Waals surface area contributed by atoms with Gasteiger partial charge in [-0.25, -0.2) is 4.79 Å². The molecule has 1 aliphatic heterocycles. The molecule has 2 rings (SSSR count). The first-order valence-corrected chi connectivity index (χ1v) is 12.5. The molecule has 0 aromatic heterocycles. The van der Waals surface area contributed by atoms with Crippen molar-refractivity contribution < 1.29 is 29.4 Å². The third-order valence-electron chi connectivity index (χ3n) is 6.19. The molecule has 1 fully saturated rings. The fourth-order valence-corrected chi connectivity index (χ4v) is 4.06. The molecule has 0 bridgehead atoms. The molecule has 3 amide bonds. The maximum absolute atomic E-state index is 13.2. The number of carboxylic acid groups (broad SMARTS) is 1. The highest BCUT2D eigenvalue weighted by Crippen LogP contribution is 2.13. The fourth-order valence-electron chi connectivity index (χ4n) is 4.06. The minimum atomic E-state index is -1.23. The van der Waals surface area contributed by atoms with Crippen LogP contribution in [0.4, 0.5) is 0 Å². The lowest BCUT2D eigenvalue weighted by molar-refractivity contribution is -0.142. The van der Waals surface area contributed by atoms with Crippen LogP contribution >= 0.6 is 0 Å². The molecule has 8 N–H and O–H groups in total. The van der Waals surface area contributed by atoms with E-state index in [9.17, 15) is 29.4 Å². The van der Waals surface area contributed by atoms with Gasteiger partial charge in [0.25, 0.3) is 0 Å². The van der Waals surface area contributed by atoms with Crippen LogP contribution in [0.5, 0.6) is 5.75 Å². The van der Waals surface area contributed by atoms with Crippen LogP contribution < -0.4 is 27.0 Å². The predicted molar refractivity (Wildman–Crippen MR) is 134 cm³/mol. The van der Waals surface area contributed by atoms with Crippen molar-refractivity contribution >= 4 is 23.7 Å². The summed E-state index contributed by atoms with van der Waals surface area (Å²) in [6.45, 7) is 4.68. The zero-order valence-corrected chi connectivity index (χ0v) is 21.0. The highest BCUT2D eigenvalue weighted by Gasteiger charge is 2.32. The third-order valence-corrected chi connectivity index (χ3v) is 6.19. The van der Waals surface area contributed by atoms with Crippen molar-refractivity contribution in [3.05, 3.63) is 29.8 Å². The smallest absolute Gasteiger partial charge is 0.326 e. The van der Waals surface area contributed by atoms with E-state index in [1.165, 1.54) is 12.1 Å². The normalized spacial score (nSPS) is 17.7. The van der Waals surface area contributed by atoms with Gasteiger partial charge in [-0.2, -0.15) is 0 Å². The molecule has 4 atom stereocenters. The number of benzene rings is 1. The van der Waals surface area contributed by atoms with Gasteiger partial charge in [0, 0.05) is 6.42 Å². The van der Waals surface area contributed by atoms with Gasteiger partial charge >= 0.3 is 5.97 Å². The van der Waals surface area contributed by atoms with Gasteiger partial charge < -0.3 is 37.2 Å². The zero-order chi connectivity index (χ0) is 26.7. The number of carbonyl (C=O) groups excluding carboxylic acids is 3. The lowest BCUT2D eigenvalue weighted by atomic mass is 10.00. The number of nitrogens with one attached hydrogen (secondary N) is 4. The lowest BCUT2D eigenvalue weighted by Gasteiger charge is -2.27. The van der Waals surface area contributed by atoms with E-state index >= 15 is 0 Å². The van der Waals surface area contributed by atoms with Crippen molar-refractivity contribution in [1.29, 1.82) is 0 Å². The molecule has 0 spiro atoms. The summed E-state index contributed by atoms with van der Waals surface area (Å²) in [5.74, 6) is -2.90. The van der Waals surface area contributed by atoms with Gasteiger partial charge in [-0.1, -0.05) is 26.0 Å². The van der Waals surface area contributed by atoms with Crippen LogP contribution in [0.2, 0.25) is 0 Å². The third kappa shape index (κ3) is 9.12. The minimum Gasteiger partial charge on any atom is -0.508 e. The van der Waals surface area contributed by atoms with Crippen LogP contribution in [-0.2, 0) is 25.6 Å². The van der Waals surface area contributed by atoms with Crippen molar-refractivity contribution in [3.63, 3.8) is 0 Å². The molecule has 1 aromatic rings. The summed E-state index contributed by atoms with van der Waals surface area (Å²) in [4.78, 5) is 50.6. The second-order valence-corrected chi connectivity index (χ2v) is 9.49. The second-order valence-electron chi connectivity index (χ2n) is 9.49. The lowest BCUT2D eigenvalue weighted by Crippen LogP contribution is -2.58. The zero-order valence-electron chi connectivity index (χ0n) is 21.0. The molecule has 1 aliphatic rings. The molecule has 1 heterocycles. The van der Waals surface area contributed by atoms with E-state index in [0.29, 0.717) is 37.8 Å². The first-order valence-electron chi connectivity index (χ1n) is 12.5. The molecule has 1 aromatic carbocycles. The van der Waals surface area contributed by atoms with Crippen LogP contribution in [0.25, 0.3) is 0 Å². The molecule has 1 saturated heterocycles. The number of hydrogen-bond donors (Lipinski definition) is 7. The molecule has 4 unspecified atom stereocenters. The highest BCUT2D eigenvalue weighted by atomic mass is 16.4. The van der Waals surface area contributed by atoms with Gasteiger partial charge in [0.2, 0.25) is 17.7 Å². The van der Waals surface area contributed by atoms with Crippen LogP contribution in [0.3, 0.4) is 0 Å². The van der Waals surface area contributed by atoms with E-state index in [0.717, 1.165) is 13.0 Å². The van der Waals surface area contributed by atoms with Crippen LogP contribution in [-0.4, -0.2) is 71.2 Å². The maximum Gasteiger partial charge on any atom is 0.326 e. The van der Waals surface area contributed by atoms with Crippen molar-refractivity contribution in [2.45, 2.75) is 76.5 Å². The Balaban J connectivity index is 2.08. The fraction of sp³-hybridized carbons (Fsp3) is 0.600. The molecule has 36 heavy (non-hydrogen) atoms. The van der Waals surface area contributed by atoms with Gasteiger partial charge in [0.15, 0.2) is 0 Å². The van der Waals surface area contributed by atoms with Gasteiger partial charge in [0.1, 0.15) is 23.9 Å². The first kappa shape index (κ1) is 29.1. The number of aromatic hydroxyl groups is 1. The number of carbonyl (C=O) groups is 4. The summed E-state index contributed by atoms with van der Waals surface area (Å²) in [6.07, 6.45) is 3.26. The Labute approximate surface area is 211 Å². The monoisotopic (exact) mass is 505 g/mol. The number of phenols is 1. The van der Waals surface area contributed by atoms with Crippen molar-refractivity contribution in [2.24, 2.45) is 11.7 Å². The van der Waals surface area contributed by atoms with Crippen LogP contribution in [0, 0.1) is 5.92 Å². The minimum absolute atomic E-state index is 0.00622. The van der Waals surface area contributed by atoms with Gasteiger partial charge in [-0.05, 0) is 68.8 Å². The Morgan fingerprint density at radius 3 is 2.28 bits per heavy atom. The molecule has 11 heteroatoms. The van der Waals surface area contributed by atoms with Gasteiger partial charge in [-0.15, -0.1) is 0 Å². The number of aliphatic carboxylic acids is 1. The van der Waals surface area contributed by atoms with E-state index in [1.807, 2.05) is 0 Å². The Kier molecular flexibility index (Phi) is 11.6. The molecular formula is C25H39N5O6. The van der Waals surface area contributed by atoms with Gasteiger partial charge in [-0.3, -0.25) is 14.4 Å². The standard InChI is InChI=1S/C25H39N5O6/c1-15(2)21(24(34)29-20(25(35)36)14-16-8-10-17(31)11-9-16)30-23(33)19(6-3-4-12-26)28-22(32)18-7-5-13-27-18/h8-11,15,18-21,27,31H,3-7,12-14,26H2,1-2H3,(H,28,32)(H,29,34)(H,30,33)(H,35,36). The Morgan fingerprint density at radius 2 is 1.72 bits per heavy atom. The number of nitrogens with two attached hydrogens (primary N) is 1. The summed E-state index contributed by atoms with van der Waals surface area (Å²) in [6, 6.07) is 2.61. The van der Waals surface area contributed by atoms with E-state index < -0.39 is 35.9 Å². The van der Waals surface area contributed by atoms with E-state index in [1.54, 1.807) is 26.0 Å². The molecule has 0 saturated carbocycles.